The van der Waals surface area contributed by atoms with Crippen LogP contribution in [0.15, 0.2) is 48.5 Å². The number of thioether (sulfide) groups is 1. The fraction of sp³-hybridized carbons (Fsp3) is 0.407. The van der Waals surface area contributed by atoms with Gasteiger partial charge in [-0.25, -0.2) is 8.42 Å². The van der Waals surface area contributed by atoms with E-state index >= 15 is 0 Å². The number of rotatable bonds is 8. The van der Waals surface area contributed by atoms with Crippen LogP contribution < -0.4 is 5.32 Å². The van der Waals surface area contributed by atoms with Crippen LogP contribution >= 0.6 is 11.8 Å². The molecule has 1 unspecified atom stereocenters. The summed E-state index contributed by atoms with van der Waals surface area (Å²) in [5.41, 5.74) is 0.975. The molecule has 2 heterocycles. The Hall–Kier alpha value is -3.04. The van der Waals surface area contributed by atoms with Crippen LogP contribution in [0.3, 0.4) is 0 Å². The second-order valence-electron chi connectivity index (χ2n) is 9.57. The third-order valence-corrected chi connectivity index (χ3v) is 9.58. The lowest BCUT2D eigenvalue weighted by Gasteiger charge is -2.44. The Kier molecular flexibility index (Phi) is 8.37. The van der Waals surface area contributed by atoms with Gasteiger partial charge in [0.1, 0.15) is 0 Å². The van der Waals surface area contributed by atoms with Crippen molar-refractivity contribution in [3.8, 4) is 6.07 Å². The standard InChI is InChI=1S/C27H30N4O5S2/c1-19(32)22-6-8-23(9-7-22)26(34)38(35,36)30-13-11-27(12-14-30)29-24(10-15-37-2)25(33)31(27)18-21-5-3-4-20(16-21)17-28/h3-9,16,24,29H,10-15,18H2,1-2H3. The summed E-state index contributed by atoms with van der Waals surface area (Å²) in [4.78, 5) is 39.7. The Labute approximate surface area is 227 Å². The molecule has 1 amide bonds. The minimum Gasteiger partial charge on any atom is -0.319 e. The van der Waals surface area contributed by atoms with E-state index in [1.54, 1.807) is 34.9 Å². The first kappa shape index (κ1) is 28.0. The van der Waals surface area contributed by atoms with Gasteiger partial charge in [0, 0.05) is 30.8 Å². The maximum atomic E-state index is 13.5. The molecule has 0 bridgehead atoms. The number of ketones is 1. The van der Waals surface area contributed by atoms with Gasteiger partial charge in [-0.2, -0.15) is 21.3 Å². The zero-order valence-electron chi connectivity index (χ0n) is 21.3. The summed E-state index contributed by atoms with van der Waals surface area (Å²) in [5.74, 6) is 0.583. The fourth-order valence-corrected chi connectivity index (χ4v) is 6.87. The number of amides is 1. The van der Waals surface area contributed by atoms with Gasteiger partial charge in [-0.1, -0.05) is 24.3 Å². The van der Waals surface area contributed by atoms with Crippen molar-refractivity contribution in [2.24, 2.45) is 0 Å². The first-order valence-corrected chi connectivity index (χ1v) is 15.2. The highest BCUT2D eigenvalue weighted by Gasteiger charge is 2.52. The van der Waals surface area contributed by atoms with Crippen molar-refractivity contribution in [2.75, 3.05) is 25.1 Å². The molecule has 2 aromatic rings. The smallest absolute Gasteiger partial charge is 0.291 e. The molecule has 2 aromatic carbocycles. The molecule has 2 aliphatic heterocycles. The van der Waals surface area contributed by atoms with E-state index in [-0.39, 0.29) is 36.4 Å². The Bertz CT molecular complexity index is 1380. The van der Waals surface area contributed by atoms with Gasteiger partial charge in [-0.05, 0) is 68.0 Å². The SMILES string of the molecule is CSCCC1NC2(CCN(S(=O)(=O)C(=O)c3ccc(C(C)=O)cc3)CC2)N(Cc2cccc(C#N)c2)C1=O. The second kappa shape index (κ2) is 11.4. The fourth-order valence-electron chi connectivity index (χ4n) is 5.06. The normalized spacial score (nSPS) is 19.4. The number of hydrogen-bond donors (Lipinski definition) is 1. The lowest BCUT2D eigenvalue weighted by molar-refractivity contribution is -0.134. The van der Waals surface area contributed by atoms with Crippen LogP contribution in [0.4, 0.5) is 0 Å². The third-order valence-electron chi connectivity index (χ3n) is 7.18. The third kappa shape index (κ3) is 5.54. The van der Waals surface area contributed by atoms with E-state index in [1.807, 2.05) is 12.3 Å². The van der Waals surface area contributed by atoms with Crippen molar-refractivity contribution in [3.05, 3.63) is 70.8 Å². The molecule has 1 spiro atoms. The molecular formula is C27H30N4O5S2. The molecule has 0 saturated carbocycles. The summed E-state index contributed by atoms with van der Waals surface area (Å²) in [6.45, 7) is 1.84. The van der Waals surface area contributed by atoms with Crippen LogP contribution in [0.1, 0.15) is 58.0 Å². The van der Waals surface area contributed by atoms with Gasteiger partial charge >= 0.3 is 0 Å². The maximum Gasteiger partial charge on any atom is 0.291 e. The molecule has 11 heteroatoms. The Morgan fingerprint density at radius 2 is 1.79 bits per heavy atom. The topological polar surface area (TPSA) is 128 Å². The van der Waals surface area contributed by atoms with Gasteiger partial charge in [0.05, 0.1) is 23.3 Å². The van der Waals surface area contributed by atoms with Crippen molar-refractivity contribution in [1.82, 2.24) is 14.5 Å². The van der Waals surface area contributed by atoms with E-state index in [2.05, 4.69) is 11.4 Å². The van der Waals surface area contributed by atoms with Crippen molar-refractivity contribution in [1.29, 1.82) is 5.26 Å². The van der Waals surface area contributed by atoms with Crippen molar-refractivity contribution in [2.45, 2.75) is 44.4 Å². The molecule has 1 atom stereocenters. The van der Waals surface area contributed by atoms with E-state index < -0.39 is 20.8 Å². The van der Waals surface area contributed by atoms with Gasteiger partial charge in [0.25, 0.3) is 15.1 Å². The van der Waals surface area contributed by atoms with E-state index in [9.17, 15) is 28.1 Å². The van der Waals surface area contributed by atoms with Crippen LogP contribution in [0.5, 0.6) is 0 Å². The van der Waals surface area contributed by atoms with E-state index in [1.165, 1.54) is 35.5 Å². The predicted octanol–water partition coefficient (Wildman–Crippen LogP) is 2.78. The molecule has 2 fully saturated rings. The van der Waals surface area contributed by atoms with Gasteiger partial charge in [0.15, 0.2) is 5.78 Å². The molecule has 38 heavy (non-hydrogen) atoms. The quantitative estimate of drug-likeness (QED) is 0.494. The van der Waals surface area contributed by atoms with Crippen LogP contribution in [0.2, 0.25) is 0 Å². The summed E-state index contributed by atoms with van der Waals surface area (Å²) in [6, 6.07) is 14.4. The molecule has 1 N–H and O–H groups in total. The summed E-state index contributed by atoms with van der Waals surface area (Å²) in [7, 11) is -4.28. The van der Waals surface area contributed by atoms with Gasteiger partial charge < -0.3 is 4.90 Å². The molecular weight excluding hydrogens is 524 g/mol. The molecule has 0 aromatic heterocycles. The summed E-state index contributed by atoms with van der Waals surface area (Å²) in [6.07, 6.45) is 3.27. The van der Waals surface area contributed by atoms with Crippen LogP contribution in [0.25, 0.3) is 0 Å². The average molecular weight is 555 g/mol. The maximum absolute atomic E-state index is 13.5. The number of Topliss-reactive ketones (excluding diaryl/α,β-unsaturated/α-hetero) is 1. The molecule has 4 rings (SSSR count). The summed E-state index contributed by atoms with van der Waals surface area (Å²) >= 11 is 1.65. The van der Waals surface area contributed by atoms with Gasteiger partial charge in [-0.3, -0.25) is 19.7 Å². The number of piperidine rings is 1. The van der Waals surface area contributed by atoms with Crippen LogP contribution in [0, 0.1) is 11.3 Å². The predicted molar refractivity (Wildman–Crippen MR) is 145 cm³/mol. The largest absolute Gasteiger partial charge is 0.319 e. The monoisotopic (exact) mass is 554 g/mol. The Morgan fingerprint density at radius 3 is 2.39 bits per heavy atom. The number of nitriles is 1. The first-order chi connectivity index (χ1) is 18.1. The van der Waals surface area contributed by atoms with Gasteiger partial charge in [0.2, 0.25) is 5.91 Å². The number of nitrogens with zero attached hydrogens (tertiary/aromatic N) is 3. The molecule has 9 nitrogen and oxygen atoms in total. The highest BCUT2D eigenvalue weighted by atomic mass is 32.2. The Balaban J connectivity index is 1.54. The number of benzene rings is 2. The second-order valence-corrected chi connectivity index (χ2v) is 12.4. The van der Waals surface area contributed by atoms with E-state index in [4.69, 9.17) is 0 Å². The minimum absolute atomic E-state index is 0.000543. The highest BCUT2D eigenvalue weighted by molar-refractivity contribution is 8.04. The van der Waals surface area contributed by atoms with E-state index in [0.29, 0.717) is 36.9 Å². The molecule has 2 saturated heterocycles. The van der Waals surface area contributed by atoms with E-state index in [0.717, 1.165) is 11.3 Å². The first-order valence-electron chi connectivity index (χ1n) is 12.3. The van der Waals surface area contributed by atoms with Crippen molar-refractivity contribution < 1.29 is 22.8 Å². The molecule has 2 aliphatic rings. The number of carbonyl (C=O) groups excluding carboxylic acids is 3. The molecule has 0 aliphatic carbocycles. The number of nitrogens with one attached hydrogen (secondary N) is 1. The average Bonchev–Trinajstić information content (AvgIpc) is 3.17. The summed E-state index contributed by atoms with van der Waals surface area (Å²) < 4.78 is 27.6. The number of carbonyl (C=O) groups is 3. The Morgan fingerprint density at radius 1 is 1.13 bits per heavy atom. The highest BCUT2D eigenvalue weighted by Crippen LogP contribution is 2.36. The summed E-state index contributed by atoms with van der Waals surface area (Å²) in [5, 5.41) is 11.8. The lowest BCUT2D eigenvalue weighted by atomic mass is 9.96. The lowest BCUT2D eigenvalue weighted by Crippen LogP contribution is -2.59. The number of sulfonamides is 1. The number of hydrogen-bond acceptors (Lipinski definition) is 8. The molecule has 200 valence electrons. The zero-order chi connectivity index (χ0) is 27.5. The molecule has 0 radical (unpaired) electrons. The van der Waals surface area contributed by atoms with Crippen LogP contribution in [-0.4, -0.2) is 71.2 Å². The zero-order valence-corrected chi connectivity index (χ0v) is 23.0. The van der Waals surface area contributed by atoms with Gasteiger partial charge in [-0.15, -0.1) is 0 Å². The minimum atomic E-state index is -4.28. The van der Waals surface area contributed by atoms with Crippen LogP contribution in [-0.2, 0) is 21.4 Å². The van der Waals surface area contributed by atoms with Crippen molar-refractivity contribution >= 4 is 38.6 Å². The van der Waals surface area contributed by atoms with Crippen molar-refractivity contribution in [3.63, 3.8) is 0 Å².